The Kier molecular flexibility index (Phi) is 3.49. The van der Waals surface area contributed by atoms with E-state index in [1.807, 2.05) is 28.9 Å². The minimum absolute atomic E-state index is 0.544. The summed E-state index contributed by atoms with van der Waals surface area (Å²) < 4.78 is 1.82. The molecular weight excluding hydrogens is 292 g/mol. The van der Waals surface area contributed by atoms with Crippen LogP contribution in [0.5, 0.6) is 0 Å². The third-order valence-corrected chi connectivity index (χ3v) is 3.92. The minimum atomic E-state index is 0.544. The molecule has 0 amide bonds. The zero-order valence-electron chi connectivity index (χ0n) is 10.9. The Bertz CT molecular complexity index is 731. The summed E-state index contributed by atoms with van der Waals surface area (Å²) in [6, 6.07) is 8.13. The standard InChI is InChI=1S/C12H12N6S2/c1-8-3-5-9(6-4-8)18-12(20-19)10(7-13-18)11-14-16-17(2)15-11/h3-7,19H,1-2H3. The van der Waals surface area contributed by atoms with E-state index in [9.17, 15) is 0 Å². The van der Waals surface area contributed by atoms with Crippen LogP contribution in [0.2, 0.25) is 0 Å². The molecule has 0 fully saturated rings. The molecule has 0 unspecified atom stereocenters. The first kappa shape index (κ1) is 13.2. The van der Waals surface area contributed by atoms with Gasteiger partial charge in [-0.15, -0.1) is 21.9 Å². The van der Waals surface area contributed by atoms with Crippen LogP contribution in [0.3, 0.4) is 0 Å². The molecule has 0 bridgehead atoms. The van der Waals surface area contributed by atoms with Crippen LogP contribution in [0, 0.1) is 6.92 Å². The van der Waals surface area contributed by atoms with Gasteiger partial charge >= 0.3 is 0 Å². The van der Waals surface area contributed by atoms with E-state index in [4.69, 9.17) is 0 Å². The molecule has 0 saturated carbocycles. The van der Waals surface area contributed by atoms with E-state index in [-0.39, 0.29) is 0 Å². The molecule has 6 nitrogen and oxygen atoms in total. The van der Waals surface area contributed by atoms with E-state index in [1.54, 1.807) is 13.2 Å². The fourth-order valence-electron chi connectivity index (χ4n) is 1.84. The molecule has 0 aliphatic rings. The van der Waals surface area contributed by atoms with Crippen molar-refractivity contribution in [3.05, 3.63) is 36.0 Å². The lowest BCUT2D eigenvalue weighted by Gasteiger charge is -2.06. The van der Waals surface area contributed by atoms with Crippen LogP contribution in [0.15, 0.2) is 35.5 Å². The van der Waals surface area contributed by atoms with E-state index in [1.165, 1.54) is 21.2 Å². The molecule has 102 valence electrons. The average Bonchev–Trinajstić information content (AvgIpc) is 3.05. The first-order chi connectivity index (χ1) is 9.69. The average molecular weight is 304 g/mol. The Labute approximate surface area is 125 Å². The highest BCUT2D eigenvalue weighted by atomic mass is 33.1. The van der Waals surface area contributed by atoms with Crippen LogP contribution < -0.4 is 0 Å². The maximum Gasteiger partial charge on any atom is 0.209 e. The van der Waals surface area contributed by atoms with Gasteiger partial charge in [-0.05, 0) is 35.1 Å². The van der Waals surface area contributed by atoms with Gasteiger partial charge in [0.05, 0.1) is 24.5 Å². The third-order valence-electron chi connectivity index (χ3n) is 2.84. The predicted octanol–water partition coefficient (Wildman–Crippen LogP) is 2.31. The Morgan fingerprint density at radius 2 is 1.95 bits per heavy atom. The minimum Gasteiger partial charge on any atom is -0.226 e. The number of rotatable bonds is 3. The van der Waals surface area contributed by atoms with E-state index < -0.39 is 0 Å². The maximum absolute atomic E-state index is 4.40. The highest BCUT2D eigenvalue weighted by Crippen LogP contribution is 2.33. The number of aromatic nitrogens is 6. The third kappa shape index (κ3) is 2.32. The lowest BCUT2D eigenvalue weighted by Crippen LogP contribution is -1.97. The van der Waals surface area contributed by atoms with E-state index >= 15 is 0 Å². The van der Waals surface area contributed by atoms with Crippen LogP contribution in [0.1, 0.15) is 5.56 Å². The quantitative estimate of drug-likeness (QED) is 0.594. The Morgan fingerprint density at radius 1 is 1.20 bits per heavy atom. The topological polar surface area (TPSA) is 61.4 Å². The molecular formula is C12H12N6S2. The van der Waals surface area contributed by atoms with E-state index in [2.05, 4.69) is 39.1 Å². The maximum atomic E-state index is 4.40. The van der Waals surface area contributed by atoms with Crippen molar-refractivity contribution >= 4 is 22.5 Å². The molecule has 0 aliphatic heterocycles. The van der Waals surface area contributed by atoms with Crippen LogP contribution in [-0.2, 0) is 7.05 Å². The van der Waals surface area contributed by atoms with Crippen molar-refractivity contribution in [2.24, 2.45) is 7.05 Å². The molecule has 20 heavy (non-hydrogen) atoms. The molecule has 0 radical (unpaired) electrons. The van der Waals surface area contributed by atoms with Crippen LogP contribution >= 0.6 is 22.5 Å². The summed E-state index contributed by atoms with van der Waals surface area (Å²) >= 11 is 4.32. The molecule has 8 heteroatoms. The first-order valence-corrected chi connectivity index (χ1v) is 7.77. The van der Waals surface area contributed by atoms with Gasteiger partial charge in [0.15, 0.2) is 0 Å². The summed E-state index contributed by atoms with van der Waals surface area (Å²) in [5.41, 5.74) is 3.00. The number of hydrogen-bond donors (Lipinski definition) is 1. The normalized spacial score (nSPS) is 10.9. The summed E-state index contributed by atoms with van der Waals surface area (Å²) in [6.45, 7) is 2.05. The first-order valence-electron chi connectivity index (χ1n) is 5.90. The van der Waals surface area contributed by atoms with Gasteiger partial charge in [-0.2, -0.15) is 9.90 Å². The van der Waals surface area contributed by atoms with Gasteiger partial charge in [0.1, 0.15) is 5.03 Å². The second-order valence-corrected chi connectivity index (χ2v) is 5.42. The van der Waals surface area contributed by atoms with Gasteiger partial charge in [0.2, 0.25) is 5.82 Å². The number of tetrazole rings is 1. The summed E-state index contributed by atoms with van der Waals surface area (Å²) in [7, 11) is 3.04. The van der Waals surface area contributed by atoms with Crippen molar-refractivity contribution in [2.75, 3.05) is 0 Å². The number of hydrogen-bond acceptors (Lipinski definition) is 6. The van der Waals surface area contributed by atoms with Gasteiger partial charge in [0, 0.05) is 0 Å². The predicted molar refractivity (Wildman–Crippen MR) is 80.9 cm³/mol. The van der Waals surface area contributed by atoms with Gasteiger partial charge in [-0.1, -0.05) is 17.7 Å². The molecule has 0 aliphatic carbocycles. The van der Waals surface area contributed by atoms with Crippen molar-refractivity contribution in [1.29, 1.82) is 0 Å². The molecule has 0 saturated heterocycles. The van der Waals surface area contributed by atoms with Crippen molar-refractivity contribution < 1.29 is 0 Å². The fourth-order valence-corrected chi connectivity index (χ4v) is 2.84. The number of nitrogens with zero attached hydrogens (tertiary/aromatic N) is 6. The molecule has 2 aromatic heterocycles. The SMILES string of the molecule is Cc1ccc(-n2ncc(-c3nnn(C)n3)c2SS)cc1. The zero-order valence-corrected chi connectivity index (χ0v) is 12.6. The number of benzene rings is 1. The second-order valence-electron chi connectivity index (χ2n) is 4.30. The fraction of sp³-hybridized carbons (Fsp3) is 0.167. The van der Waals surface area contributed by atoms with Crippen molar-refractivity contribution in [3.8, 4) is 17.1 Å². The summed E-state index contributed by atoms with van der Waals surface area (Å²) in [5.74, 6) is 0.544. The highest BCUT2D eigenvalue weighted by molar-refractivity contribution is 8.68. The number of thiol groups is 1. The van der Waals surface area contributed by atoms with E-state index in [0.29, 0.717) is 5.82 Å². The van der Waals surface area contributed by atoms with Crippen LogP contribution in [0.25, 0.3) is 17.1 Å². The Morgan fingerprint density at radius 3 is 2.55 bits per heavy atom. The van der Waals surface area contributed by atoms with Crippen molar-refractivity contribution in [1.82, 2.24) is 30.0 Å². The highest BCUT2D eigenvalue weighted by Gasteiger charge is 2.17. The summed E-state index contributed by atoms with van der Waals surface area (Å²) in [6.07, 6.45) is 1.73. The molecule has 3 aromatic rings. The van der Waals surface area contributed by atoms with E-state index in [0.717, 1.165) is 16.3 Å². The smallest absolute Gasteiger partial charge is 0.209 e. The lowest BCUT2D eigenvalue weighted by atomic mass is 10.2. The molecule has 0 N–H and O–H groups in total. The largest absolute Gasteiger partial charge is 0.226 e. The monoisotopic (exact) mass is 304 g/mol. The molecule has 2 heterocycles. The van der Waals surface area contributed by atoms with Crippen LogP contribution in [-0.4, -0.2) is 30.0 Å². The van der Waals surface area contributed by atoms with Gasteiger partial charge in [0.25, 0.3) is 0 Å². The Balaban J connectivity index is 2.09. The van der Waals surface area contributed by atoms with Gasteiger partial charge < -0.3 is 0 Å². The van der Waals surface area contributed by atoms with Crippen molar-refractivity contribution in [2.45, 2.75) is 11.9 Å². The van der Waals surface area contributed by atoms with Crippen molar-refractivity contribution in [3.63, 3.8) is 0 Å². The molecule has 0 spiro atoms. The zero-order chi connectivity index (χ0) is 14.1. The second kappa shape index (κ2) is 5.29. The van der Waals surface area contributed by atoms with Gasteiger partial charge in [-0.3, -0.25) is 0 Å². The molecule has 0 atom stereocenters. The molecule has 1 aromatic carbocycles. The Hall–Kier alpha value is -1.80. The van der Waals surface area contributed by atoms with Crippen LogP contribution in [0.4, 0.5) is 0 Å². The lowest BCUT2D eigenvalue weighted by molar-refractivity contribution is 0.630. The summed E-state index contributed by atoms with van der Waals surface area (Å²) in [4.78, 5) is 1.42. The van der Waals surface area contributed by atoms with Gasteiger partial charge in [-0.25, -0.2) is 4.68 Å². The molecule has 3 rings (SSSR count). The number of aryl methyl sites for hydroxylation is 2. The summed E-state index contributed by atoms with van der Waals surface area (Å²) in [5, 5.41) is 17.3.